The molecule has 5 heteroatoms. The lowest BCUT2D eigenvalue weighted by Gasteiger charge is -2.12. The van der Waals surface area contributed by atoms with Crippen LogP contribution in [0.5, 0.6) is 5.75 Å². The fourth-order valence-corrected chi connectivity index (χ4v) is 2.30. The lowest BCUT2D eigenvalue weighted by Crippen LogP contribution is -2.11. The van der Waals surface area contributed by atoms with Crippen LogP contribution in [0.25, 0.3) is 0 Å². The molecule has 0 spiro atoms. The minimum atomic E-state index is 0.593. The van der Waals surface area contributed by atoms with Crippen molar-refractivity contribution in [1.82, 2.24) is 0 Å². The Kier molecular flexibility index (Phi) is 4.80. The molecule has 1 N–H and O–H groups in total. The van der Waals surface area contributed by atoms with Gasteiger partial charge in [0.2, 0.25) is 0 Å². The molecule has 0 unspecified atom stereocenters. The van der Waals surface area contributed by atoms with E-state index in [2.05, 4.69) is 21.2 Å². The Morgan fingerprint density at radius 2 is 1.89 bits per heavy atom. The quantitative estimate of drug-likeness (QED) is 0.790. The van der Waals surface area contributed by atoms with E-state index >= 15 is 0 Å². The molecular weight excluding hydrogens is 346 g/mol. The van der Waals surface area contributed by atoms with Gasteiger partial charge in [-0.05, 0) is 42.5 Å². The topological polar surface area (TPSA) is 21.3 Å². The lowest BCUT2D eigenvalue weighted by molar-refractivity contribution is 0.414. The first-order valence-corrected chi connectivity index (χ1v) is 7.08. The molecule has 19 heavy (non-hydrogen) atoms. The number of methoxy groups -OCH3 is 1. The fraction of sp³-hybridized carbons (Fsp3) is 0.0714. The monoisotopic (exact) mass is 355 g/mol. The summed E-state index contributed by atoms with van der Waals surface area (Å²) in [7, 11) is 1.59. The van der Waals surface area contributed by atoms with Gasteiger partial charge in [-0.25, -0.2) is 0 Å². The van der Waals surface area contributed by atoms with E-state index in [9.17, 15) is 0 Å². The van der Waals surface area contributed by atoms with E-state index in [-0.39, 0.29) is 0 Å². The highest BCUT2D eigenvalue weighted by Crippen LogP contribution is 2.25. The maximum absolute atomic E-state index is 5.93. The van der Waals surface area contributed by atoms with Crippen molar-refractivity contribution in [3.63, 3.8) is 0 Å². The van der Waals surface area contributed by atoms with E-state index in [1.807, 2.05) is 30.3 Å². The number of thiocarbonyl (C=S) groups is 1. The van der Waals surface area contributed by atoms with Gasteiger partial charge >= 0.3 is 0 Å². The van der Waals surface area contributed by atoms with E-state index in [1.54, 1.807) is 19.2 Å². The van der Waals surface area contributed by atoms with Crippen molar-refractivity contribution in [2.24, 2.45) is 0 Å². The van der Waals surface area contributed by atoms with Crippen LogP contribution in [0.2, 0.25) is 5.02 Å². The molecule has 2 aromatic carbocycles. The van der Waals surface area contributed by atoms with Gasteiger partial charge in [-0.3, -0.25) is 0 Å². The number of anilines is 1. The minimum Gasteiger partial charge on any atom is -0.496 e. The Hall–Kier alpha value is -1.10. The van der Waals surface area contributed by atoms with Gasteiger partial charge in [0.25, 0.3) is 0 Å². The molecular formula is C14H11BrClNOS. The zero-order chi connectivity index (χ0) is 13.8. The van der Waals surface area contributed by atoms with Crippen LogP contribution < -0.4 is 10.1 Å². The van der Waals surface area contributed by atoms with Gasteiger partial charge in [-0.15, -0.1) is 0 Å². The van der Waals surface area contributed by atoms with Crippen LogP contribution in [0.1, 0.15) is 5.56 Å². The molecule has 0 fully saturated rings. The van der Waals surface area contributed by atoms with Crippen LogP contribution in [0.3, 0.4) is 0 Å². The van der Waals surface area contributed by atoms with Gasteiger partial charge in [-0.2, -0.15) is 0 Å². The van der Waals surface area contributed by atoms with Crippen LogP contribution >= 0.6 is 39.7 Å². The highest BCUT2D eigenvalue weighted by Gasteiger charge is 2.09. The number of halogens is 2. The molecule has 0 aliphatic rings. The molecule has 2 aromatic rings. The average Bonchev–Trinajstić information content (AvgIpc) is 2.41. The highest BCUT2D eigenvalue weighted by molar-refractivity contribution is 9.10. The standard InChI is InChI=1S/C14H11BrClNOS/c1-18-13-8-10(16)4-7-12(13)14(19)17-11-5-2-9(15)3-6-11/h2-8H,1H3,(H,17,19). The molecule has 0 radical (unpaired) electrons. The Bertz CT molecular complexity index is 601. The summed E-state index contributed by atoms with van der Waals surface area (Å²) in [5.41, 5.74) is 1.73. The molecule has 2 rings (SSSR count). The van der Waals surface area contributed by atoms with Crippen LogP contribution in [0.4, 0.5) is 5.69 Å². The van der Waals surface area contributed by atoms with Crippen molar-refractivity contribution in [1.29, 1.82) is 0 Å². The summed E-state index contributed by atoms with van der Waals surface area (Å²) in [6.45, 7) is 0. The first-order valence-electron chi connectivity index (χ1n) is 5.50. The van der Waals surface area contributed by atoms with Gasteiger partial charge in [0.15, 0.2) is 0 Å². The molecule has 0 saturated carbocycles. The summed E-state index contributed by atoms with van der Waals surface area (Å²) in [6, 6.07) is 13.2. The van der Waals surface area contributed by atoms with E-state index in [0.29, 0.717) is 15.8 Å². The third kappa shape index (κ3) is 3.69. The predicted molar refractivity (Wildman–Crippen MR) is 87.5 cm³/mol. The van der Waals surface area contributed by atoms with Crippen molar-refractivity contribution in [2.75, 3.05) is 12.4 Å². The Morgan fingerprint density at radius 1 is 1.21 bits per heavy atom. The normalized spacial score (nSPS) is 10.1. The van der Waals surface area contributed by atoms with Crippen LogP contribution in [0.15, 0.2) is 46.9 Å². The van der Waals surface area contributed by atoms with E-state index < -0.39 is 0 Å². The summed E-state index contributed by atoms with van der Waals surface area (Å²) in [4.78, 5) is 0.593. The second kappa shape index (κ2) is 6.37. The zero-order valence-corrected chi connectivity index (χ0v) is 13.3. The average molecular weight is 357 g/mol. The van der Waals surface area contributed by atoms with Crippen molar-refractivity contribution in [3.05, 3.63) is 57.5 Å². The van der Waals surface area contributed by atoms with E-state index in [4.69, 9.17) is 28.6 Å². The summed E-state index contributed by atoms with van der Waals surface area (Å²) < 4.78 is 6.31. The molecule has 0 atom stereocenters. The van der Waals surface area contributed by atoms with Crippen molar-refractivity contribution in [2.45, 2.75) is 0 Å². The molecule has 0 heterocycles. The van der Waals surface area contributed by atoms with Crippen LogP contribution in [-0.2, 0) is 0 Å². The first kappa shape index (κ1) is 14.3. The van der Waals surface area contributed by atoms with Gasteiger partial charge in [-0.1, -0.05) is 39.7 Å². The summed E-state index contributed by atoms with van der Waals surface area (Å²) >= 11 is 14.7. The van der Waals surface area contributed by atoms with Crippen molar-refractivity contribution in [3.8, 4) is 5.75 Å². The van der Waals surface area contributed by atoms with Gasteiger partial charge in [0.1, 0.15) is 10.7 Å². The van der Waals surface area contributed by atoms with E-state index in [1.165, 1.54) is 0 Å². The molecule has 0 amide bonds. The highest BCUT2D eigenvalue weighted by atomic mass is 79.9. The third-order valence-corrected chi connectivity index (χ3v) is 3.60. The molecule has 2 nitrogen and oxygen atoms in total. The minimum absolute atomic E-state index is 0.593. The Balaban J connectivity index is 2.22. The lowest BCUT2D eigenvalue weighted by atomic mass is 10.2. The summed E-state index contributed by atoms with van der Waals surface area (Å²) in [5, 5.41) is 3.78. The number of benzene rings is 2. The molecule has 0 bridgehead atoms. The predicted octanol–water partition coefficient (Wildman–Crippen LogP) is 4.90. The zero-order valence-electron chi connectivity index (χ0n) is 10.1. The summed E-state index contributed by atoms with van der Waals surface area (Å²) in [5.74, 6) is 0.655. The SMILES string of the molecule is COc1cc(Cl)ccc1C(=S)Nc1ccc(Br)cc1. The molecule has 0 aliphatic heterocycles. The van der Waals surface area contributed by atoms with Gasteiger partial charge < -0.3 is 10.1 Å². The second-order valence-electron chi connectivity index (χ2n) is 3.81. The van der Waals surface area contributed by atoms with Crippen LogP contribution in [0, 0.1) is 0 Å². The summed E-state index contributed by atoms with van der Waals surface area (Å²) in [6.07, 6.45) is 0. The second-order valence-corrected chi connectivity index (χ2v) is 5.57. The number of nitrogens with one attached hydrogen (secondary N) is 1. The maximum atomic E-state index is 5.93. The first-order chi connectivity index (χ1) is 9.10. The smallest absolute Gasteiger partial charge is 0.130 e. The number of ether oxygens (including phenoxy) is 1. The van der Waals surface area contributed by atoms with Gasteiger partial charge in [0, 0.05) is 15.2 Å². The Morgan fingerprint density at radius 3 is 2.53 bits per heavy atom. The van der Waals surface area contributed by atoms with Gasteiger partial charge in [0.05, 0.1) is 12.7 Å². The molecule has 0 aliphatic carbocycles. The number of hydrogen-bond donors (Lipinski definition) is 1. The number of hydrogen-bond acceptors (Lipinski definition) is 2. The molecule has 0 aromatic heterocycles. The van der Waals surface area contributed by atoms with Crippen LogP contribution in [-0.4, -0.2) is 12.1 Å². The van der Waals surface area contributed by atoms with E-state index in [0.717, 1.165) is 15.7 Å². The third-order valence-electron chi connectivity index (χ3n) is 2.51. The molecule has 98 valence electrons. The number of rotatable bonds is 3. The Labute approximate surface area is 130 Å². The largest absolute Gasteiger partial charge is 0.496 e. The fourth-order valence-electron chi connectivity index (χ4n) is 1.58. The molecule has 0 saturated heterocycles. The van der Waals surface area contributed by atoms with Crippen molar-refractivity contribution >= 4 is 50.4 Å². The van der Waals surface area contributed by atoms with Crippen molar-refractivity contribution < 1.29 is 4.74 Å². The maximum Gasteiger partial charge on any atom is 0.130 e.